The quantitative estimate of drug-likeness (QED) is 0.836. The molecule has 0 aliphatic carbocycles. The zero-order valence-corrected chi connectivity index (χ0v) is 12.1. The van der Waals surface area contributed by atoms with Gasteiger partial charge in [0.05, 0.1) is 10.0 Å². The van der Waals surface area contributed by atoms with E-state index in [2.05, 4.69) is 16.3 Å². The molecule has 1 saturated heterocycles. The van der Waals surface area contributed by atoms with Gasteiger partial charge in [0.25, 0.3) is 0 Å². The van der Waals surface area contributed by atoms with E-state index in [9.17, 15) is 0 Å². The number of benzene rings is 1. The van der Waals surface area contributed by atoms with Gasteiger partial charge in [-0.25, -0.2) is 0 Å². The predicted octanol–water partition coefficient (Wildman–Crippen LogP) is 3.22. The Morgan fingerprint density at radius 2 is 1.83 bits per heavy atom. The number of nitrogens with one attached hydrogen (secondary N) is 1. The molecule has 1 fully saturated rings. The Labute approximate surface area is 119 Å². The van der Waals surface area contributed by atoms with Crippen LogP contribution < -0.4 is 5.32 Å². The van der Waals surface area contributed by atoms with Gasteiger partial charge in [-0.3, -0.25) is 0 Å². The van der Waals surface area contributed by atoms with Crippen molar-refractivity contribution in [2.24, 2.45) is 0 Å². The summed E-state index contributed by atoms with van der Waals surface area (Å²) >= 11 is 11.9. The average Bonchev–Trinajstić information content (AvgIpc) is 2.40. The molecule has 1 N–H and O–H groups in total. The van der Waals surface area contributed by atoms with Gasteiger partial charge in [-0.15, -0.1) is 0 Å². The van der Waals surface area contributed by atoms with Crippen molar-refractivity contribution in [3.8, 4) is 0 Å². The highest BCUT2D eigenvalue weighted by Gasteiger charge is 2.08. The first kappa shape index (κ1) is 14.1. The van der Waals surface area contributed by atoms with Crippen molar-refractivity contribution >= 4 is 23.2 Å². The van der Waals surface area contributed by atoms with Crippen LogP contribution in [0.25, 0.3) is 0 Å². The summed E-state index contributed by atoms with van der Waals surface area (Å²) in [6.07, 6.45) is 3.55. The summed E-state index contributed by atoms with van der Waals surface area (Å²) in [5.41, 5.74) is 1.28. The first-order valence-electron chi connectivity index (χ1n) is 6.63. The Kier molecular flexibility index (Phi) is 5.77. The molecule has 0 amide bonds. The van der Waals surface area contributed by atoms with Crippen LogP contribution in [0.3, 0.4) is 0 Å². The zero-order valence-electron chi connectivity index (χ0n) is 10.6. The molecule has 18 heavy (non-hydrogen) atoms. The van der Waals surface area contributed by atoms with E-state index in [1.165, 1.54) is 38.0 Å². The maximum Gasteiger partial charge on any atom is 0.0595 e. The lowest BCUT2D eigenvalue weighted by Gasteiger charge is -2.27. The number of nitrogens with zero attached hydrogens (tertiary/aromatic N) is 1. The first-order valence-corrected chi connectivity index (χ1v) is 7.38. The van der Waals surface area contributed by atoms with Gasteiger partial charge in [0.1, 0.15) is 0 Å². The van der Waals surface area contributed by atoms with Crippen molar-refractivity contribution in [3.05, 3.63) is 33.8 Å². The van der Waals surface area contributed by atoms with Crippen molar-refractivity contribution < 1.29 is 0 Å². The highest BCUT2D eigenvalue weighted by Crippen LogP contribution is 2.23. The molecule has 100 valence electrons. The molecule has 0 atom stereocenters. The minimum atomic E-state index is 0.640. The van der Waals surface area contributed by atoms with Gasteiger partial charge in [-0.05, 0) is 43.5 Å². The highest BCUT2D eigenvalue weighted by atomic mass is 35.5. The molecule has 0 spiro atoms. The average molecular weight is 287 g/mol. The van der Waals surface area contributed by atoms with Crippen LogP contribution in [-0.2, 0) is 6.42 Å². The van der Waals surface area contributed by atoms with Crippen LogP contribution in [0.4, 0.5) is 0 Å². The summed E-state index contributed by atoms with van der Waals surface area (Å²) in [6.45, 7) is 5.85. The summed E-state index contributed by atoms with van der Waals surface area (Å²) in [6, 6.07) is 5.93. The van der Waals surface area contributed by atoms with Crippen LogP contribution in [0.15, 0.2) is 18.2 Å². The second kappa shape index (κ2) is 7.34. The van der Waals surface area contributed by atoms with Crippen LogP contribution in [0, 0.1) is 0 Å². The molecule has 0 saturated carbocycles. The van der Waals surface area contributed by atoms with E-state index < -0.39 is 0 Å². The summed E-state index contributed by atoms with van der Waals surface area (Å²) in [4.78, 5) is 2.53. The Morgan fingerprint density at radius 3 is 2.56 bits per heavy atom. The number of piperazine rings is 1. The van der Waals surface area contributed by atoms with Gasteiger partial charge in [-0.1, -0.05) is 29.3 Å². The molecule has 0 unspecified atom stereocenters. The van der Waals surface area contributed by atoms with Crippen molar-refractivity contribution in [2.45, 2.75) is 19.3 Å². The minimum absolute atomic E-state index is 0.640. The standard InChI is InChI=1S/C14H20Cl2N2/c15-13-5-4-12(11-14(13)16)3-1-2-8-18-9-6-17-7-10-18/h4-5,11,17H,1-3,6-10H2. The summed E-state index contributed by atoms with van der Waals surface area (Å²) in [7, 11) is 0. The fourth-order valence-corrected chi connectivity index (χ4v) is 2.62. The van der Waals surface area contributed by atoms with E-state index in [1.54, 1.807) is 0 Å². The van der Waals surface area contributed by atoms with Crippen molar-refractivity contribution in [1.29, 1.82) is 0 Å². The van der Waals surface area contributed by atoms with Gasteiger partial charge in [0.15, 0.2) is 0 Å². The SMILES string of the molecule is Clc1ccc(CCCCN2CCNCC2)cc1Cl. The first-order chi connectivity index (χ1) is 8.75. The van der Waals surface area contributed by atoms with E-state index in [-0.39, 0.29) is 0 Å². The monoisotopic (exact) mass is 286 g/mol. The van der Waals surface area contributed by atoms with Gasteiger partial charge < -0.3 is 10.2 Å². The zero-order chi connectivity index (χ0) is 12.8. The molecule has 1 aromatic rings. The third kappa shape index (κ3) is 4.43. The van der Waals surface area contributed by atoms with Gasteiger partial charge >= 0.3 is 0 Å². The maximum absolute atomic E-state index is 6.00. The molecular weight excluding hydrogens is 267 g/mol. The lowest BCUT2D eigenvalue weighted by atomic mass is 10.1. The summed E-state index contributed by atoms with van der Waals surface area (Å²) in [5, 5.41) is 4.68. The predicted molar refractivity (Wildman–Crippen MR) is 78.7 cm³/mol. The van der Waals surface area contributed by atoms with Crippen LogP contribution in [0.1, 0.15) is 18.4 Å². The molecule has 1 aliphatic rings. The normalized spacial score (nSPS) is 17.0. The number of unbranched alkanes of at least 4 members (excludes halogenated alkanes) is 1. The van der Waals surface area contributed by atoms with Crippen LogP contribution in [-0.4, -0.2) is 37.6 Å². The molecule has 0 bridgehead atoms. The molecule has 1 aromatic carbocycles. The fourth-order valence-electron chi connectivity index (χ4n) is 2.29. The molecule has 0 radical (unpaired) electrons. The number of aryl methyl sites for hydroxylation is 1. The molecular formula is C14H20Cl2N2. The second-order valence-electron chi connectivity index (χ2n) is 4.80. The Morgan fingerprint density at radius 1 is 1.06 bits per heavy atom. The molecule has 1 aliphatic heterocycles. The topological polar surface area (TPSA) is 15.3 Å². The highest BCUT2D eigenvalue weighted by molar-refractivity contribution is 6.42. The van der Waals surface area contributed by atoms with Crippen LogP contribution >= 0.6 is 23.2 Å². The Balaban J connectivity index is 1.66. The van der Waals surface area contributed by atoms with Gasteiger partial charge in [0, 0.05) is 26.2 Å². The second-order valence-corrected chi connectivity index (χ2v) is 5.61. The number of hydrogen-bond acceptors (Lipinski definition) is 2. The Hall–Kier alpha value is -0.280. The maximum atomic E-state index is 6.00. The van der Waals surface area contributed by atoms with Crippen LogP contribution in [0.5, 0.6) is 0 Å². The molecule has 2 rings (SSSR count). The fraction of sp³-hybridized carbons (Fsp3) is 0.571. The van der Waals surface area contributed by atoms with Crippen molar-refractivity contribution in [2.75, 3.05) is 32.7 Å². The molecule has 1 heterocycles. The largest absolute Gasteiger partial charge is 0.314 e. The van der Waals surface area contributed by atoms with E-state index in [0.29, 0.717) is 10.0 Å². The third-order valence-electron chi connectivity index (χ3n) is 3.38. The van der Waals surface area contributed by atoms with Crippen molar-refractivity contribution in [1.82, 2.24) is 10.2 Å². The third-order valence-corrected chi connectivity index (χ3v) is 4.12. The number of hydrogen-bond donors (Lipinski definition) is 1. The van der Waals surface area contributed by atoms with E-state index in [4.69, 9.17) is 23.2 Å². The lowest BCUT2D eigenvalue weighted by molar-refractivity contribution is 0.237. The molecule has 2 nitrogen and oxygen atoms in total. The van der Waals surface area contributed by atoms with Gasteiger partial charge in [0.2, 0.25) is 0 Å². The smallest absolute Gasteiger partial charge is 0.0595 e. The number of rotatable bonds is 5. The van der Waals surface area contributed by atoms with Crippen LogP contribution in [0.2, 0.25) is 10.0 Å². The number of halogens is 2. The van der Waals surface area contributed by atoms with E-state index in [0.717, 1.165) is 19.5 Å². The summed E-state index contributed by atoms with van der Waals surface area (Å²) < 4.78 is 0. The van der Waals surface area contributed by atoms with Crippen molar-refractivity contribution in [3.63, 3.8) is 0 Å². The van der Waals surface area contributed by atoms with E-state index >= 15 is 0 Å². The molecule has 4 heteroatoms. The summed E-state index contributed by atoms with van der Waals surface area (Å²) in [5.74, 6) is 0. The van der Waals surface area contributed by atoms with Gasteiger partial charge in [-0.2, -0.15) is 0 Å². The lowest BCUT2D eigenvalue weighted by Crippen LogP contribution is -2.43. The molecule has 0 aromatic heterocycles. The Bertz CT molecular complexity index is 376. The van der Waals surface area contributed by atoms with E-state index in [1.807, 2.05) is 12.1 Å². The minimum Gasteiger partial charge on any atom is -0.314 e.